The Morgan fingerprint density at radius 1 is 0.953 bits per heavy atom. The molecule has 0 aromatic heterocycles. The van der Waals surface area contributed by atoms with Gasteiger partial charge >= 0.3 is 5.97 Å². The Morgan fingerprint density at radius 3 is 2.21 bits per heavy atom. The number of aliphatic hydroxyl groups is 1. The van der Waals surface area contributed by atoms with Crippen LogP contribution in [0.2, 0.25) is 0 Å². The van der Waals surface area contributed by atoms with Gasteiger partial charge in [0, 0.05) is 19.5 Å². The van der Waals surface area contributed by atoms with E-state index in [0.29, 0.717) is 38.6 Å². The Kier molecular flexibility index (Phi) is 14.2. The lowest BCUT2D eigenvalue weighted by molar-refractivity contribution is -0.152. The molecule has 2 aromatic rings. The van der Waals surface area contributed by atoms with Gasteiger partial charge in [0.2, 0.25) is 11.8 Å². The van der Waals surface area contributed by atoms with Crippen LogP contribution in [0.15, 0.2) is 86.0 Å². The van der Waals surface area contributed by atoms with Gasteiger partial charge in [-0.2, -0.15) is 0 Å². The van der Waals surface area contributed by atoms with E-state index in [-0.39, 0.29) is 49.9 Å². The highest BCUT2D eigenvalue weighted by atomic mass is 16.5. The molecule has 2 N–H and O–H groups in total. The van der Waals surface area contributed by atoms with Crippen LogP contribution in [0.5, 0.6) is 0 Å². The average molecular weight is 589 g/mol. The molecule has 1 fully saturated rings. The number of nitrogens with zero attached hydrogens (tertiary/aromatic N) is 1. The van der Waals surface area contributed by atoms with Crippen molar-refractivity contribution in [3.8, 4) is 0 Å². The smallest absolute Gasteiger partial charge is 0.309 e. The van der Waals surface area contributed by atoms with Gasteiger partial charge in [-0.3, -0.25) is 14.4 Å². The number of carbonyl (C=O) groups excluding carboxylic acids is 3. The molecular formula is C36H48N2O5. The second-order valence-corrected chi connectivity index (χ2v) is 11.6. The molecule has 2 aromatic carbocycles. The highest BCUT2D eigenvalue weighted by Gasteiger charge is 2.39. The fraction of sp³-hybridized carbons (Fsp3) is 0.472. The Hall–Kier alpha value is -3.71. The van der Waals surface area contributed by atoms with Crippen molar-refractivity contribution >= 4 is 17.8 Å². The Morgan fingerprint density at radius 2 is 1.60 bits per heavy atom. The zero-order valence-electron chi connectivity index (χ0n) is 25.4. The molecule has 7 heteroatoms. The van der Waals surface area contributed by atoms with E-state index in [0.717, 1.165) is 36.8 Å². The number of allylic oxidation sites excluding steroid dienone is 2. The number of esters is 1. The van der Waals surface area contributed by atoms with Crippen molar-refractivity contribution in [1.29, 1.82) is 0 Å². The summed E-state index contributed by atoms with van der Waals surface area (Å²) in [5.74, 6) is -1.56. The summed E-state index contributed by atoms with van der Waals surface area (Å²) >= 11 is 0. The second-order valence-electron chi connectivity index (χ2n) is 11.6. The first kappa shape index (κ1) is 33.8. The van der Waals surface area contributed by atoms with E-state index < -0.39 is 11.5 Å². The third-order valence-corrected chi connectivity index (χ3v) is 8.24. The predicted octanol–water partition coefficient (Wildman–Crippen LogP) is 5.78. The molecule has 0 radical (unpaired) electrons. The van der Waals surface area contributed by atoms with Crippen LogP contribution in [0.4, 0.5) is 0 Å². The van der Waals surface area contributed by atoms with Crippen LogP contribution in [0, 0.1) is 11.8 Å². The van der Waals surface area contributed by atoms with Gasteiger partial charge in [-0.25, -0.2) is 0 Å². The number of benzene rings is 2. The zero-order valence-corrected chi connectivity index (χ0v) is 25.4. The third kappa shape index (κ3) is 11.1. The van der Waals surface area contributed by atoms with Crippen LogP contribution in [0.1, 0.15) is 68.9 Å². The molecule has 7 nitrogen and oxygen atoms in total. The van der Waals surface area contributed by atoms with Crippen LogP contribution in [-0.2, 0) is 32.1 Å². The van der Waals surface area contributed by atoms with Crippen molar-refractivity contribution in [2.45, 2.75) is 76.3 Å². The van der Waals surface area contributed by atoms with Gasteiger partial charge in [-0.05, 0) is 56.1 Å². The lowest BCUT2D eigenvalue weighted by atomic mass is 9.93. The van der Waals surface area contributed by atoms with Crippen LogP contribution < -0.4 is 5.32 Å². The van der Waals surface area contributed by atoms with E-state index in [4.69, 9.17) is 4.74 Å². The molecule has 0 heterocycles. The number of nitrogens with one attached hydrogen (secondary N) is 1. The van der Waals surface area contributed by atoms with Crippen molar-refractivity contribution in [2.24, 2.45) is 11.8 Å². The molecule has 232 valence electrons. The first-order chi connectivity index (χ1) is 20.9. The number of carbonyl (C=O) groups is 3. The summed E-state index contributed by atoms with van der Waals surface area (Å²) in [5, 5.41) is 12.8. The van der Waals surface area contributed by atoms with E-state index in [1.165, 1.54) is 0 Å². The Balaban J connectivity index is 1.65. The van der Waals surface area contributed by atoms with E-state index >= 15 is 0 Å². The largest absolute Gasteiger partial charge is 0.463 e. The van der Waals surface area contributed by atoms with Gasteiger partial charge in [0.05, 0.1) is 24.0 Å². The molecule has 0 aliphatic heterocycles. The molecule has 43 heavy (non-hydrogen) atoms. The predicted molar refractivity (Wildman–Crippen MR) is 170 cm³/mol. The van der Waals surface area contributed by atoms with Gasteiger partial charge in [-0.15, -0.1) is 13.2 Å². The molecule has 3 rings (SSSR count). The Labute approximate surface area is 257 Å². The van der Waals surface area contributed by atoms with E-state index in [9.17, 15) is 19.5 Å². The summed E-state index contributed by atoms with van der Waals surface area (Å²) in [6.07, 6.45) is 10.1. The molecule has 1 aliphatic rings. The summed E-state index contributed by atoms with van der Waals surface area (Å²) in [4.78, 5) is 41.9. The topological polar surface area (TPSA) is 95.9 Å². The van der Waals surface area contributed by atoms with Gasteiger partial charge in [-0.1, -0.05) is 85.7 Å². The number of aliphatic hydroxyl groups excluding tert-OH is 1. The summed E-state index contributed by atoms with van der Waals surface area (Å²) < 4.78 is 5.95. The normalized spacial score (nSPS) is 15.2. The lowest BCUT2D eigenvalue weighted by Gasteiger charge is -2.32. The minimum absolute atomic E-state index is 0.00298. The van der Waals surface area contributed by atoms with Crippen LogP contribution in [0.3, 0.4) is 0 Å². The Bertz CT molecular complexity index is 1160. The number of ether oxygens (including phenoxy) is 1. The maximum absolute atomic E-state index is 13.6. The molecule has 0 bridgehead atoms. The van der Waals surface area contributed by atoms with Crippen molar-refractivity contribution in [2.75, 3.05) is 19.8 Å². The van der Waals surface area contributed by atoms with Gasteiger partial charge < -0.3 is 20.1 Å². The number of hydrogen-bond acceptors (Lipinski definition) is 5. The van der Waals surface area contributed by atoms with Gasteiger partial charge in [0.25, 0.3) is 0 Å². The number of unbranched alkanes of at least 4 members (excludes halogenated alkanes) is 1. The van der Waals surface area contributed by atoms with Crippen molar-refractivity contribution < 1.29 is 24.2 Å². The van der Waals surface area contributed by atoms with E-state index in [1.807, 2.05) is 66.7 Å². The molecule has 1 aliphatic carbocycles. The molecule has 2 unspecified atom stereocenters. The number of hydrogen-bond donors (Lipinski definition) is 2. The molecule has 2 amide bonds. The average Bonchev–Trinajstić information content (AvgIpc) is 3.48. The van der Waals surface area contributed by atoms with E-state index in [2.05, 4.69) is 18.5 Å². The minimum Gasteiger partial charge on any atom is -0.463 e. The number of amides is 2. The van der Waals surface area contributed by atoms with Crippen LogP contribution in [0.25, 0.3) is 0 Å². The highest BCUT2D eigenvalue weighted by molar-refractivity contribution is 5.86. The van der Waals surface area contributed by atoms with Gasteiger partial charge in [0.15, 0.2) is 0 Å². The highest BCUT2D eigenvalue weighted by Crippen LogP contribution is 2.31. The monoisotopic (exact) mass is 588 g/mol. The summed E-state index contributed by atoms with van der Waals surface area (Å²) in [5.41, 5.74) is 1.39. The maximum Gasteiger partial charge on any atom is 0.309 e. The molecule has 0 spiro atoms. The quantitative estimate of drug-likeness (QED) is 0.123. The SMILES string of the molecule is C=CCCCC(Cc1ccccc1)C(=O)OCC1(NC(=O)C(CC=C)CC(=O)N(CCO)Cc2ccccc2)CCCC1. The van der Waals surface area contributed by atoms with Crippen LogP contribution >= 0.6 is 0 Å². The van der Waals surface area contributed by atoms with Crippen molar-refractivity contribution in [1.82, 2.24) is 10.2 Å². The van der Waals surface area contributed by atoms with Crippen molar-refractivity contribution in [3.63, 3.8) is 0 Å². The summed E-state index contributed by atoms with van der Waals surface area (Å²) in [6.45, 7) is 8.11. The summed E-state index contributed by atoms with van der Waals surface area (Å²) in [6, 6.07) is 19.5. The van der Waals surface area contributed by atoms with E-state index in [1.54, 1.807) is 11.0 Å². The van der Waals surface area contributed by atoms with Crippen LogP contribution in [-0.4, -0.2) is 53.1 Å². The molecule has 1 saturated carbocycles. The summed E-state index contributed by atoms with van der Waals surface area (Å²) in [7, 11) is 0. The fourth-order valence-electron chi connectivity index (χ4n) is 5.80. The lowest BCUT2D eigenvalue weighted by Crippen LogP contribution is -2.52. The molecule has 0 saturated heterocycles. The molecule has 2 atom stereocenters. The molecular weight excluding hydrogens is 540 g/mol. The van der Waals surface area contributed by atoms with Crippen molar-refractivity contribution in [3.05, 3.63) is 97.1 Å². The minimum atomic E-state index is -0.650. The second kappa shape index (κ2) is 18.1. The first-order valence-electron chi connectivity index (χ1n) is 15.6. The third-order valence-electron chi connectivity index (χ3n) is 8.24. The van der Waals surface area contributed by atoms with Gasteiger partial charge in [0.1, 0.15) is 6.61 Å². The zero-order chi connectivity index (χ0) is 30.9. The number of rotatable bonds is 19. The first-order valence-corrected chi connectivity index (χ1v) is 15.6. The standard InChI is InChI=1S/C36H48N2O5/c1-3-5-8-20-32(25-29-16-9-6-10-17-29)35(42)43-28-36(21-13-14-22-36)37-34(41)31(15-4-2)26-33(40)38(23-24-39)27-30-18-11-7-12-19-30/h3-4,6-7,9-12,16-19,31-32,39H,1-2,5,8,13-15,20-28H2,(H,37,41). The maximum atomic E-state index is 13.6. The fourth-order valence-corrected chi connectivity index (χ4v) is 5.80.